The van der Waals surface area contributed by atoms with Crippen molar-refractivity contribution in [3.63, 3.8) is 0 Å². The molecule has 0 N–H and O–H groups in total. The molecule has 6 heteroatoms. The van der Waals surface area contributed by atoms with E-state index in [1.54, 1.807) is 0 Å². The lowest BCUT2D eigenvalue weighted by Gasteiger charge is -2.38. The summed E-state index contributed by atoms with van der Waals surface area (Å²) in [4.78, 5) is 4.70. The first-order valence-corrected chi connectivity index (χ1v) is 21.0. The normalized spacial score (nSPS) is 12.6. The minimum absolute atomic E-state index is 0.768. The van der Waals surface area contributed by atoms with Crippen molar-refractivity contribution in [3.8, 4) is 39.8 Å². The van der Waals surface area contributed by atoms with Gasteiger partial charge in [0.05, 0.1) is 28.1 Å². The molecule has 0 fully saturated rings. The number of para-hydroxylation sites is 6. The van der Waals surface area contributed by atoms with Crippen molar-refractivity contribution in [2.24, 2.45) is 0 Å². The van der Waals surface area contributed by atoms with Crippen molar-refractivity contribution >= 4 is 87.4 Å². The van der Waals surface area contributed by atoms with Crippen LogP contribution in [0.2, 0.25) is 0 Å². The first-order valence-electron chi connectivity index (χ1n) is 20.2. The smallest absolute Gasteiger partial charge is 0.163 e. The second kappa shape index (κ2) is 12.9. The summed E-state index contributed by atoms with van der Waals surface area (Å²) in [6, 6.07) is 71.3. The molecule has 0 radical (unpaired) electrons. The second-order valence-electron chi connectivity index (χ2n) is 15.3. The van der Waals surface area contributed by atoms with Crippen molar-refractivity contribution in [1.29, 1.82) is 0 Å². The van der Waals surface area contributed by atoms with Crippen molar-refractivity contribution < 1.29 is 9.47 Å². The quantitative estimate of drug-likeness (QED) is 0.174. The van der Waals surface area contributed by atoms with Gasteiger partial charge in [-0.2, -0.15) is 0 Å². The van der Waals surface area contributed by atoms with Gasteiger partial charge in [0.2, 0.25) is 0 Å². The average Bonchev–Trinajstić information content (AvgIpc) is 3.86. The van der Waals surface area contributed by atoms with Gasteiger partial charge in [0.25, 0.3) is 0 Å². The Morgan fingerprint density at radius 2 is 1.12 bits per heavy atom. The Morgan fingerprint density at radius 1 is 0.450 bits per heavy atom. The van der Waals surface area contributed by atoms with Crippen LogP contribution in [0.15, 0.2) is 200 Å². The van der Waals surface area contributed by atoms with E-state index in [1.165, 1.54) is 42.0 Å². The van der Waals surface area contributed by atoms with Crippen LogP contribution < -0.4 is 19.3 Å². The van der Waals surface area contributed by atoms with E-state index in [0.717, 1.165) is 73.9 Å². The SMILES string of the molecule is c1ccc(-n2c3ccccc3c3cc(N(c4ccc(-c5ccc6c7c5Oc5ccccc5N7c5ccccc5O6)cc4)c4cccc5sc6ccccc6c45)ccc32)cc1. The molecule has 0 saturated carbocycles. The van der Waals surface area contributed by atoms with E-state index in [9.17, 15) is 0 Å². The Balaban J connectivity index is 0.997. The zero-order chi connectivity index (χ0) is 39.3. The van der Waals surface area contributed by atoms with Crippen molar-refractivity contribution in [2.45, 2.75) is 0 Å². The van der Waals surface area contributed by atoms with Crippen LogP contribution in [0.1, 0.15) is 0 Å². The fourth-order valence-corrected chi connectivity index (χ4v) is 10.5. The lowest BCUT2D eigenvalue weighted by atomic mass is 9.99. The van der Waals surface area contributed by atoms with Crippen LogP contribution in [0.5, 0.6) is 23.0 Å². The molecule has 2 aromatic heterocycles. The monoisotopic (exact) mass is 787 g/mol. The van der Waals surface area contributed by atoms with Gasteiger partial charge in [-0.3, -0.25) is 4.90 Å². The molecule has 2 aliphatic heterocycles. The summed E-state index contributed by atoms with van der Waals surface area (Å²) in [7, 11) is 0. The Bertz CT molecular complexity index is 3500. The number of fused-ring (bicyclic) bond motifs is 10. The summed E-state index contributed by atoms with van der Waals surface area (Å²) in [6.45, 7) is 0. The van der Waals surface area contributed by atoms with Gasteiger partial charge < -0.3 is 18.9 Å². The maximum Gasteiger partial charge on any atom is 0.163 e. The highest BCUT2D eigenvalue weighted by molar-refractivity contribution is 7.26. The number of thiophene rings is 1. The van der Waals surface area contributed by atoms with E-state index in [4.69, 9.17) is 9.47 Å². The third-order valence-corrected chi connectivity index (χ3v) is 13.1. The van der Waals surface area contributed by atoms with Crippen LogP contribution in [0, 0.1) is 0 Å². The minimum Gasteiger partial charge on any atom is -0.453 e. The molecule has 11 aromatic rings. The largest absolute Gasteiger partial charge is 0.453 e. The lowest BCUT2D eigenvalue weighted by molar-refractivity contribution is 0.447. The highest BCUT2D eigenvalue weighted by atomic mass is 32.1. The van der Waals surface area contributed by atoms with Crippen molar-refractivity contribution in [2.75, 3.05) is 9.80 Å². The molecule has 282 valence electrons. The van der Waals surface area contributed by atoms with E-state index in [1.807, 2.05) is 35.6 Å². The molecule has 0 saturated heterocycles. The van der Waals surface area contributed by atoms with Gasteiger partial charge in [0.1, 0.15) is 5.69 Å². The fraction of sp³-hybridized carbons (Fsp3) is 0. The van der Waals surface area contributed by atoms with Crippen LogP contribution in [-0.4, -0.2) is 4.57 Å². The van der Waals surface area contributed by atoms with E-state index in [-0.39, 0.29) is 0 Å². The van der Waals surface area contributed by atoms with Crippen LogP contribution in [0.25, 0.3) is 58.8 Å². The molecule has 4 heterocycles. The third-order valence-electron chi connectivity index (χ3n) is 11.9. The van der Waals surface area contributed by atoms with Gasteiger partial charge >= 0.3 is 0 Å². The highest BCUT2D eigenvalue weighted by Crippen LogP contribution is 2.61. The maximum atomic E-state index is 6.80. The molecule has 0 bridgehead atoms. The van der Waals surface area contributed by atoms with Crippen LogP contribution >= 0.6 is 11.3 Å². The molecule has 2 aliphatic rings. The van der Waals surface area contributed by atoms with Crippen LogP contribution in [0.3, 0.4) is 0 Å². The van der Waals surface area contributed by atoms with Gasteiger partial charge in [0.15, 0.2) is 23.0 Å². The summed E-state index contributed by atoms with van der Waals surface area (Å²) in [5.74, 6) is 3.18. The van der Waals surface area contributed by atoms with Gasteiger partial charge in [-0.1, -0.05) is 97.1 Å². The average molecular weight is 788 g/mol. The number of benzene rings is 9. The molecule has 0 unspecified atom stereocenters. The Hall–Kier alpha value is -7.80. The number of nitrogens with zero attached hydrogens (tertiary/aromatic N) is 3. The second-order valence-corrected chi connectivity index (χ2v) is 16.4. The molecule has 9 aromatic carbocycles. The minimum atomic E-state index is 0.768. The Labute approximate surface area is 349 Å². The maximum absolute atomic E-state index is 6.80. The highest BCUT2D eigenvalue weighted by Gasteiger charge is 2.36. The molecular weight excluding hydrogens is 755 g/mol. The van der Waals surface area contributed by atoms with Gasteiger partial charge in [-0.25, -0.2) is 0 Å². The van der Waals surface area contributed by atoms with E-state index in [2.05, 4.69) is 190 Å². The summed E-state index contributed by atoms with van der Waals surface area (Å²) in [5.41, 5.74) is 11.7. The molecule has 60 heavy (non-hydrogen) atoms. The molecule has 0 spiro atoms. The number of hydrogen-bond donors (Lipinski definition) is 0. The van der Waals surface area contributed by atoms with Gasteiger partial charge in [0, 0.05) is 53.6 Å². The van der Waals surface area contributed by atoms with Gasteiger partial charge in [-0.15, -0.1) is 11.3 Å². The lowest BCUT2D eigenvalue weighted by Crippen LogP contribution is -2.20. The Morgan fingerprint density at radius 3 is 1.95 bits per heavy atom. The molecule has 13 rings (SSSR count). The zero-order valence-electron chi connectivity index (χ0n) is 32.1. The van der Waals surface area contributed by atoms with E-state index in [0.29, 0.717) is 0 Å². The number of aromatic nitrogens is 1. The summed E-state index contributed by atoms with van der Waals surface area (Å²) >= 11 is 1.84. The summed E-state index contributed by atoms with van der Waals surface area (Å²) in [6.07, 6.45) is 0. The zero-order valence-corrected chi connectivity index (χ0v) is 32.9. The first-order chi connectivity index (χ1) is 29.8. The number of ether oxygens (including phenoxy) is 2. The Kier molecular flexibility index (Phi) is 7.11. The standard InChI is InChI=1S/C54H33N3O2S/c1-2-13-35(14-3-1)56-42-17-6-4-15-39(42)41-33-37(29-31-43(41)56)55(46-20-12-24-51-52(46)40-16-5-11-23-50(40)60-51)36-27-25-34(26-28-36)38-30-32-49-53-54(38)59-48-22-10-8-19-45(48)57(53)44-18-7-9-21-47(44)58-49/h1-33H. The predicted molar refractivity (Wildman–Crippen MR) is 249 cm³/mol. The topological polar surface area (TPSA) is 29.9 Å². The molecular formula is C54H33N3O2S. The molecule has 0 aliphatic carbocycles. The number of hydrogen-bond acceptors (Lipinski definition) is 5. The summed E-state index contributed by atoms with van der Waals surface area (Å²) < 4.78 is 18.2. The number of anilines is 6. The van der Waals surface area contributed by atoms with Crippen LogP contribution in [-0.2, 0) is 0 Å². The molecule has 5 nitrogen and oxygen atoms in total. The van der Waals surface area contributed by atoms with Crippen molar-refractivity contribution in [1.82, 2.24) is 4.57 Å². The van der Waals surface area contributed by atoms with E-state index >= 15 is 0 Å². The number of rotatable bonds is 5. The van der Waals surface area contributed by atoms with Gasteiger partial charge in [-0.05, 0) is 109 Å². The third kappa shape index (κ3) is 4.86. The molecule has 0 atom stereocenters. The van der Waals surface area contributed by atoms with Crippen LogP contribution in [0.4, 0.5) is 34.1 Å². The van der Waals surface area contributed by atoms with Crippen molar-refractivity contribution in [3.05, 3.63) is 200 Å². The van der Waals surface area contributed by atoms with E-state index < -0.39 is 0 Å². The fourth-order valence-electron chi connectivity index (χ4n) is 9.35. The molecule has 0 amide bonds. The summed E-state index contributed by atoms with van der Waals surface area (Å²) in [5, 5.41) is 4.93. The predicted octanol–water partition coefficient (Wildman–Crippen LogP) is 16.0. The first kappa shape index (κ1) is 33.2.